The van der Waals surface area contributed by atoms with Crippen molar-refractivity contribution >= 4 is 0 Å². The number of aromatic nitrogens is 1. The van der Waals surface area contributed by atoms with Gasteiger partial charge in [-0.1, -0.05) is 32.0 Å². The van der Waals surface area contributed by atoms with Crippen molar-refractivity contribution in [2.45, 2.75) is 32.7 Å². The lowest BCUT2D eigenvalue weighted by molar-refractivity contribution is 0.461. The molecule has 0 saturated heterocycles. The third-order valence-corrected chi connectivity index (χ3v) is 3.46. The number of nitrogens with zero attached hydrogens (tertiary/aromatic N) is 1. The van der Waals surface area contributed by atoms with Crippen molar-refractivity contribution in [2.75, 3.05) is 7.05 Å². The van der Waals surface area contributed by atoms with Gasteiger partial charge in [-0.05, 0) is 43.1 Å². The minimum absolute atomic E-state index is 0.293. The van der Waals surface area contributed by atoms with Gasteiger partial charge in [0.15, 0.2) is 0 Å². The Balaban J connectivity index is 2.06. The molecule has 0 spiro atoms. The fraction of sp³-hybridized carbons (Fsp3) is 0.353. The van der Waals surface area contributed by atoms with Crippen LogP contribution in [0.25, 0.3) is 0 Å². The van der Waals surface area contributed by atoms with Crippen molar-refractivity contribution in [2.24, 2.45) is 0 Å². The van der Waals surface area contributed by atoms with Crippen LogP contribution in [0, 0.1) is 0 Å². The molecular formula is C17H22N2O. The largest absolute Gasteiger partial charge is 0.439 e. The van der Waals surface area contributed by atoms with Gasteiger partial charge in [0.1, 0.15) is 5.75 Å². The number of pyridine rings is 1. The zero-order chi connectivity index (χ0) is 14.5. The van der Waals surface area contributed by atoms with E-state index in [1.54, 1.807) is 0 Å². The van der Waals surface area contributed by atoms with Gasteiger partial charge in [0.05, 0.1) is 0 Å². The predicted octanol–water partition coefficient (Wildman–Crippen LogP) is 4.28. The Bertz CT molecular complexity index is 532. The molecule has 0 radical (unpaired) electrons. The molecule has 1 aromatic carbocycles. The molecule has 3 nitrogen and oxygen atoms in total. The van der Waals surface area contributed by atoms with E-state index in [9.17, 15) is 0 Å². The van der Waals surface area contributed by atoms with E-state index in [1.165, 1.54) is 5.56 Å². The van der Waals surface area contributed by atoms with Crippen molar-refractivity contribution in [3.05, 3.63) is 53.7 Å². The van der Waals surface area contributed by atoms with Crippen LogP contribution in [0.2, 0.25) is 0 Å². The van der Waals surface area contributed by atoms with Crippen LogP contribution in [0.5, 0.6) is 11.6 Å². The number of rotatable bonds is 5. The second kappa shape index (κ2) is 6.53. The van der Waals surface area contributed by atoms with Gasteiger partial charge >= 0.3 is 0 Å². The van der Waals surface area contributed by atoms with Crippen LogP contribution in [-0.4, -0.2) is 12.0 Å². The van der Waals surface area contributed by atoms with Gasteiger partial charge in [-0.25, -0.2) is 4.98 Å². The highest BCUT2D eigenvalue weighted by Crippen LogP contribution is 2.23. The second-order valence-electron chi connectivity index (χ2n) is 5.27. The van der Waals surface area contributed by atoms with E-state index in [0.29, 0.717) is 17.8 Å². The molecule has 0 aliphatic carbocycles. The van der Waals surface area contributed by atoms with Gasteiger partial charge in [0, 0.05) is 18.3 Å². The Kier molecular flexibility index (Phi) is 4.74. The van der Waals surface area contributed by atoms with Crippen LogP contribution >= 0.6 is 0 Å². The highest BCUT2D eigenvalue weighted by Gasteiger charge is 2.05. The Morgan fingerprint density at radius 2 is 1.60 bits per heavy atom. The molecule has 0 bridgehead atoms. The molecule has 1 unspecified atom stereocenters. The maximum atomic E-state index is 5.75. The molecular weight excluding hydrogens is 248 g/mol. The maximum Gasteiger partial charge on any atom is 0.219 e. The summed E-state index contributed by atoms with van der Waals surface area (Å²) in [7, 11) is 1.94. The Labute approximate surface area is 121 Å². The highest BCUT2D eigenvalue weighted by molar-refractivity contribution is 5.32. The van der Waals surface area contributed by atoms with Gasteiger partial charge in [-0.2, -0.15) is 0 Å². The lowest BCUT2D eigenvalue weighted by atomic mass is 10.0. The minimum Gasteiger partial charge on any atom is -0.439 e. The van der Waals surface area contributed by atoms with Crippen molar-refractivity contribution in [1.82, 2.24) is 10.3 Å². The molecule has 1 heterocycles. The summed E-state index contributed by atoms with van der Waals surface area (Å²) in [6.07, 6.45) is 1.85. The van der Waals surface area contributed by atoms with Crippen LogP contribution in [0.3, 0.4) is 0 Å². The topological polar surface area (TPSA) is 34.1 Å². The molecule has 106 valence electrons. The first-order valence-corrected chi connectivity index (χ1v) is 7.01. The zero-order valence-corrected chi connectivity index (χ0v) is 12.6. The first kappa shape index (κ1) is 14.5. The highest BCUT2D eigenvalue weighted by atomic mass is 16.5. The summed E-state index contributed by atoms with van der Waals surface area (Å²) in [4.78, 5) is 4.34. The Morgan fingerprint density at radius 3 is 2.10 bits per heavy atom. The first-order chi connectivity index (χ1) is 9.60. The van der Waals surface area contributed by atoms with E-state index in [0.717, 1.165) is 11.3 Å². The molecule has 1 aromatic heterocycles. The first-order valence-electron chi connectivity index (χ1n) is 7.01. The van der Waals surface area contributed by atoms with Crippen molar-refractivity contribution in [3.63, 3.8) is 0 Å². The van der Waals surface area contributed by atoms with E-state index >= 15 is 0 Å². The molecule has 20 heavy (non-hydrogen) atoms. The summed E-state index contributed by atoms with van der Waals surface area (Å²) in [6, 6.07) is 12.4. The number of hydrogen-bond acceptors (Lipinski definition) is 3. The van der Waals surface area contributed by atoms with Gasteiger partial charge in [-0.15, -0.1) is 0 Å². The Morgan fingerprint density at radius 1 is 0.950 bits per heavy atom. The summed E-state index contributed by atoms with van der Waals surface area (Å²) in [5.41, 5.74) is 2.46. The SMILES string of the molecule is CNC(C)c1ccc(Oc2ccc(C(C)C)cc2)nc1. The van der Waals surface area contributed by atoms with Crippen molar-refractivity contribution < 1.29 is 4.74 Å². The molecule has 0 saturated carbocycles. The number of benzene rings is 1. The predicted molar refractivity (Wildman–Crippen MR) is 82.3 cm³/mol. The monoisotopic (exact) mass is 270 g/mol. The normalized spacial score (nSPS) is 12.4. The minimum atomic E-state index is 0.293. The third-order valence-electron chi connectivity index (χ3n) is 3.46. The maximum absolute atomic E-state index is 5.75. The Hall–Kier alpha value is -1.87. The summed E-state index contributed by atoms with van der Waals surface area (Å²) in [6.45, 7) is 6.46. The van der Waals surface area contributed by atoms with E-state index < -0.39 is 0 Å². The van der Waals surface area contributed by atoms with Gasteiger partial charge < -0.3 is 10.1 Å². The number of nitrogens with one attached hydrogen (secondary N) is 1. The molecule has 0 fully saturated rings. The number of ether oxygens (including phenoxy) is 1. The van der Waals surface area contributed by atoms with Crippen LogP contribution in [0.4, 0.5) is 0 Å². The lowest BCUT2D eigenvalue weighted by Crippen LogP contribution is -2.12. The van der Waals surface area contributed by atoms with Crippen molar-refractivity contribution in [1.29, 1.82) is 0 Å². The van der Waals surface area contributed by atoms with E-state index in [4.69, 9.17) is 4.74 Å². The van der Waals surface area contributed by atoms with Crippen LogP contribution < -0.4 is 10.1 Å². The molecule has 0 aliphatic rings. The molecule has 0 aliphatic heterocycles. The standard InChI is InChI=1S/C17H22N2O/c1-12(2)14-5-8-16(9-6-14)20-17-10-7-15(11-19-17)13(3)18-4/h5-13,18H,1-4H3. The molecule has 1 N–H and O–H groups in total. The zero-order valence-electron chi connectivity index (χ0n) is 12.6. The molecule has 3 heteroatoms. The molecule has 2 aromatic rings. The van der Waals surface area contributed by atoms with Crippen molar-refractivity contribution in [3.8, 4) is 11.6 Å². The van der Waals surface area contributed by atoms with Gasteiger partial charge in [0.25, 0.3) is 0 Å². The summed E-state index contributed by atoms with van der Waals surface area (Å²) in [5.74, 6) is 1.97. The van der Waals surface area contributed by atoms with Crippen LogP contribution in [-0.2, 0) is 0 Å². The summed E-state index contributed by atoms with van der Waals surface area (Å²) >= 11 is 0. The smallest absolute Gasteiger partial charge is 0.219 e. The third kappa shape index (κ3) is 3.58. The van der Waals surface area contributed by atoms with Crippen LogP contribution in [0.1, 0.15) is 43.9 Å². The fourth-order valence-electron chi connectivity index (χ4n) is 1.92. The average molecular weight is 270 g/mol. The van der Waals surface area contributed by atoms with Gasteiger partial charge in [-0.3, -0.25) is 0 Å². The van der Waals surface area contributed by atoms with E-state index in [-0.39, 0.29) is 0 Å². The van der Waals surface area contributed by atoms with Gasteiger partial charge in [0.2, 0.25) is 5.88 Å². The summed E-state index contributed by atoms with van der Waals surface area (Å²) in [5, 5.41) is 3.19. The fourth-order valence-corrected chi connectivity index (χ4v) is 1.92. The van der Waals surface area contributed by atoms with E-state index in [2.05, 4.69) is 43.2 Å². The summed E-state index contributed by atoms with van der Waals surface area (Å²) < 4.78 is 5.75. The quantitative estimate of drug-likeness (QED) is 0.880. The molecule has 2 rings (SSSR count). The van der Waals surface area contributed by atoms with E-state index in [1.807, 2.05) is 37.5 Å². The lowest BCUT2D eigenvalue weighted by Gasteiger charge is -2.11. The molecule has 1 atom stereocenters. The number of hydrogen-bond donors (Lipinski definition) is 1. The molecule has 0 amide bonds. The second-order valence-corrected chi connectivity index (χ2v) is 5.27. The average Bonchev–Trinajstić information content (AvgIpc) is 2.48. The van der Waals surface area contributed by atoms with Crippen LogP contribution in [0.15, 0.2) is 42.6 Å².